The summed E-state index contributed by atoms with van der Waals surface area (Å²) in [5, 5.41) is 16.0. The van der Waals surface area contributed by atoms with Gasteiger partial charge in [-0.2, -0.15) is 9.40 Å². The fourth-order valence-corrected chi connectivity index (χ4v) is 4.87. The second kappa shape index (κ2) is 4.85. The molecule has 0 amide bonds. The van der Waals surface area contributed by atoms with Crippen LogP contribution in [0.5, 0.6) is 0 Å². The first-order valence-corrected chi connectivity index (χ1v) is 7.93. The van der Waals surface area contributed by atoms with Crippen molar-refractivity contribution in [3.05, 3.63) is 11.4 Å². The lowest BCUT2D eigenvalue weighted by atomic mass is 9.91. The van der Waals surface area contributed by atoms with E-state index in [1.54, 1.807) is 13.8 Å². The predicted molar refractivity (Wildman–Crippen MR) is 71.8 cm³/mol. The van der Waals surface area contributed by atoms with Crippen molar-refractivity contribution in [1.82, 2.24) is 14.5 Å². The van der Waals surface area contributed by atoms with Gasteiger partial charge in [-0.05, 0) is 40.0 Å². The Labute approximate surface area is 118 Å². The van der Waals surface area contributed by atoms with Gasteiger partial charge in [-0.1, -0.05) is 0 Å². The lowest BCUT2D eigenvalue weighted by molar-refractivity contribution is -0.149. The molecule has 7 nitrogen and oxygen atoms in total. The molecule has 112 valence electrons. The van der Waals surface area contributed by atoms with Crippen LogP contribution in [0.1, 0.15) is 37.6 Å². The van der Waals surface area contributed by atoms with E-state index in [-0.39, 0.29) is 11.4 Å². The van der Waals surface area contributed by atoms with Crippen molar-refractivity contribution in [3.63, 3.8) is 0 Å². The third-order valence-electron chi connectivity index (χ3n) is 3.89. The third kappa shape index (κ3) is 2.12. The van der Waals surface area contributed by atoms with Crippen LogP contribution < -0.4 is 0 Å². The van der Waals surface area contributed by atoms with Crippen LogP contribution in [-0.4, -0.2) is 46.1 Å². The van der Waals surface area contributed by atoms with Gasteiger partial charge in [0.1, 0.15) is 10.4 Å². The van der Waals surface area contributed by atoms with Gasteiger partial charge in [0.25, 0.3) is 0 Å². The van der Waals surface area contributed by atoms with Crippen LogP contribution in [0.4, 0.5) is 0 Å². The number of hydrogen-bond donors (Lipinski definition) is 2. The maximum atomic E-state index is 12.8. The quantitative estimate of drug-likeness (QED) is 0.868. The monoisotopic (exact) mass is 301 g/mol. The van der Waals surface area contributed by atoms with Crippen LogP contribution in [0, 0.1) is 13.8 Å². The van der Waals surface area contributed by atoms with Gasteiger partial charge in [-0.15, -0.1) is 0 Å². The Morgan fingerprint density at radius 1 is 1.40 bits per heavy atom. The number of piperidine rings is 1. The van der Waals surface area contributed by atoms with Crippen LogP contribution in [-0.2, 0) is 14.8 Å². The summed E-state index contributed by atoms with van der Waals surface area (Å²) in [6.45, 7) is 4.90. The van der Waals surface area contributed by atoms with E-state index < -0.39 is 21.5 Å². The van der Waals surface area contributed by atoms with Gasteiger partial charge in [0.05, 0.1) is 11.4 Å². The molecule has 1 fully saturated rings. The zero-order valence-corrected chi connectivity index (χ0v) is 12.6. The molecule has 0 saturated carbocycles. The van der Waals surface area contributed by atoms with Crippen LogP contribution >= 0.6 is 0 Å². The molecule has 0 aromatic carbocycles. The Kier molecular flexibility index (Phi) is 3.64. The molecule has 1 unspecified atom stereocenters. The number of sulfonamides is 1. The van der Waals surface area contributed by atoms with Crippen LogP contribution in [0.15, 0.2) is 4.90 Å². The van der Waals surface area contributed by atoms with E-state index in [0.717, 1.165) is 4.31 Å². The SMILES string of the molecule is Cc1n[nH]c(C)c1S(=O)(=O)N1CCCCC1(C)C(=O)O. The number of aromatic amines is 1. The number of hydrogen-bond acceptors (Lipinski definition) is 4. The zero-order chi connectivity index (χ0) is 15.1. The number of aromatic nitrogens is 2. The smallest absolute Gasteiger partial charge is 0.324 e. The van der Waals surface area contributed by atoms with Crippen molar-refractivity contribution in [1.29, 1.82) is 0 Å². The van der Waals surface area contributed by atoms with Gasteiger partial charge < -0.3 is 5.11 Å². The lowest BCUT2D eigenvalue weighted by Gasteiger charge is -2.40. The highest BCUT2D eigenvalue weighted by Gasteiger charge is 2.48. The highest BCUT2D eigenvalue weighted by molar-refractivity contribution is 7.89. The number of carboxylic acids is 1. The Balaban J connectivity index is 2.55. The summed E-state index contributed by atoms with van der Waals surface area (Å²) in [6, 6.07) is 0. The average molecular weight is 301 g/mol. The van der Waals surface area contributed by atoms with Gasteiger partial charge in [0, 0.05) is 6.54 Å². The van der Waals surface area contributed by atoms with Gasteiger partial charge >= 0.3 is 5.97 Å². The number of rotatable bonds is 3. The second-order valence-electron chi connectivity index (χ2n) is 5.38. The summed E-state index contributed by atoms with van der Waals surface area (Å²) in [7, 11) is -3.87. The lowest BCUT2D eigenvalue weighted by Crippen LogP contribution is -2.57. The molecule has 0 spiro atoms. The molecule has 0 bridgehead atoms. The van der Waals surface area contributed by atoms with Crippen LogP contribution in [0.25, 0.3) is 0 Å². The molecule has 2 rings (SSSR count). The average Bonchev–Trinajstić information content (AvgIpc) is 2.69. The van der Waals surface area contributed by atoms with Gasteiger partial charge in [-0.25, -0.2) is 8.42 Å². The van der Waals surface area contributed by atoms with Gasteiger partial charge in [-0.3, -0.25) is 9.89 Å². The molecular formula is C12H19N3O4S. The standard InChI is InChI=1S/C12H19N3O4S/c1-8-10(9(2)14-13-8)20(18,19)15-7-5-4-6-12(15,3)11(16)17/h4-7H2,1-3H3,(H,13,14)(H,16,17). The number of nitrogens with zero attached hydrogens (tertiary/aromatic N) is 2. The maximum Gasteiger partial charge on any atom is 0.324 e. The van der Waals surface area contributed by atoms with Gasteiger partial charge in [0.2, 0.25) is 10.0 Å². The minimum atomic E-state index is -3.87. The van der Waals surface area contributed by atoms with Crippen molar-refractivity contribution >= 4 is 16.0 Å². The minimum Gasteiger partial charge on any atom is -0.480 e. The molecule has 1 aliphatic rings. The van der Waals surface area contributed by atoms with Crippen molar-refractivity contribution < 1.29 is 18.3 Å². The molecule has 0 radical (unpaired) electrons. The van der Waals surface area contributed by atoms with E-state index in [9.17, 15) is 18.3 Å². The first-order valence-electron chi connectivity index (χ1n) is 6.49. The first kappa shape index (κ1) is 15.0. The largest absolute Gasteiger partial charge is 0.480 e. The first-order chi connectivity index (χ1) is 9.21. The number of aliphatic carboxylic acids is 1. The summed E-state index contributed by atoms with van der Waals surface area (Å²) in [5.41, 5.74) is -0.602. The fraction of sp³-hybridized carbons (Fsp3) is 0.667. The van der Waals surface area contributed by atoms with E-state index in [1.807, 2.05) is 0 Å². The summed E-state index contributed by atoms with van der Waals surface area (Å²) < 4.78 is 26.7. The molecule has 1 aromatic rings. The second-order valence-corrected chi connectivity index (χ2v) is 7.18. The molecule has 1 atom stereocenters. The van der Waals surface area contributed by atoms with E-state index in [4.69, 9.17) is 0 Å². The summed E-state index contributed by atoms with van der Waals surface area (Å²) in [4.78, 5) is 11.6. The molecule has 8 heteroatoms. The molecule has 0 aliphatic carbocycles. The summed E-state index contributed by atoms with van der Waals surface area (Å²) in [5.74, 6) is -1.11. The zero-order valence-electron chi connectivity index (χ0n) is 11.8. The molecule has 1 aliphatic heterocycles. The molecule has 20 heavy (non-hydrogen) atoms. The molecule has 1 aromatic heterocycles. The molecule has 2 N–H and O–H groups in total. The van der Waals surface area contributed by atoms with Crippen molar-refractivity contribution in [2.75, 3.05) is 6.54 Å². The van der Waals surface area contributed by atoms with E-state index in [1.165, 1.54) is 6.92 Å². The maximum absolute atomic E-state index is 12.8. The van der Waals surface area contributed by atoms with Crippen LogP contribution in [0.3, 0.4) is 0 Å². The Morgan fingerprint density at radius 2 is 2.05 bits per heavy atom. The minimum absolute atomic E-state index is 0.0897. The number of nitrogens with one attached hydrogen (secondary N) is 1. The Bertz CT molecular complexity index is 618. The Morgan fingerprint density at radius 3 is 2.55 bits per heavy atom. The predicted octanol–water partition coefficient (Wildman–Crippen LogP) is 1.04. The van der Waals surface area contributed by atoms with Gasteiger partial charge in [0.15, 0.2) is 0 Å². The summed E-state index contributed by atoms with van der Waals surface area (Å²) in [6.07, 6.45) is 1.69. The normalized spacial score (nSPS) is 24.8. The van der Waals surface area contributed by atoms with E-state index in [0.29, 0.717) is 30.7 Å². The highest BCUT2D eigenvalue weighted by Crippen LogP contribution is 2.34. The highest BCUT2D eigenvalue weighted by atomic mass is 32.2. The summed E-state index contributed by atoms with van der Waals surface area (Å²) >= 11 is 0. The number of carbonyl (C=O) groups is 1. The third-order valence-corrected chi connectivity index (χ3v) is 6.18. The van der Waals surface area contributed by atoms with Crippen LogP contribution in [0.2, 0.25) is 0 Å². The van der Waals surface area contributed by atoms with Crippen molar-refractivity contribution in [3.8, 4) is 0 Å². The topological polar surface area (TPSA) is 103 Å². The fourth-order valence-electron chi connectivity index (χ4n) is 2.73. The number of carboxylic acid groups (broad SMARTS) is 1. The van der Waals surface area contributed by atoms with E-state index >= 15 is 0 Å². The van der Waals surface area contributed by atoms with Crippen molar-refractivity contribution in [2.24, 2.45) is 0 Å². The number of aryl methyl sites for hydroxylation is 2. The number of H-pyrrole nitrogens is 1. The molecular weight excluding hydrogens is 282 g/mol. The Hall–Kier alpha value is -1.41. The van der Waals surface area contributed by atoms with E-state index in [2.05, 4.69) is 10.2 Å². The van der Waals surface area contributed by atoms with Crippen molar-refractivity contribution in [2.45, 2.75) is 50.5 Å². The molecule has 1 saturated heterocycles. The molecule has 2 heterocycles.